The second kappa shape index (κ2) is 4.32. The fourth-order valence-corrected chi connectivity index (χ4v) is 2.03. The first-order chi connectivity index (χ1) is 6.92. The van der Waals surface area contributed by atoms with Gasteiger partial charge in [0, 0.05) is 18.7 Å². The third-order valence-corrected chi connectivity index (χ3v) is 2.76. The Morgan fingerprint density at radius 3 is 3.14 bits per heavy atom. The van der Waals surface area contributed by atoms with E-state index in [0.29, 0.717) is 0 Å². The number of rotatable bonds is 2. The van der Waals surface area contributed by atoms with E-state index in [-0.39, 0.29) is 0 Å². The number of fused-ring (bicyclic) bond motifs is 1. The van der Waals surface area contributed by atoms with Gasteiger partial charge in [-0.25, -0.2) is 4.98 Å². The molecule has 2 nitrogen and oxygen atoms in total. The SMILES string of the molecule is CC#CCCn1cnc2c1CCCC2. The number of aryl methyl sites for hydroxylation is 2. The molecule has 14 heavy (non-hydrogen) atoms. The van der Waals surface area contributed by atoms with Crippen LogP contribution in [0.1, 0.15) is 37.6 Å². The minimum atomic E-state index is 0.944. The molecule has 0 unspecified atom stereocenters. The van der Waals surface area contributed by atoms with Gasteiger partial charge >= 0.3 is 0 Å². The van der Waals surface area contributed by atoms with Crippen molar-refractivity contribution in [2.75, 3.05) is 0 Å². The van der Waals surface area contributed by atoms with Crippen molar-refractivity contribution in [3.8, 4) is 11.8 Å². The molecule has 0 N–H and O–H groups in total. The Morgan fingerprint density at radius 2 is 2.29 bits per heavy atom. The number of nitrogens with zero attached hydrogens (tertiary/aromatic N) is 2. The maximum Gasteiger partial charge on any atom is 0.0951 e. The summed E-state index contributed by atoms with van der Waals surface area (Å²) in [5, 5.41) is 0. The number of aromatic nitrogens is 2. The van der Waals surface area contributed by atoms with E-state index < -0.39 is 0 Å². The van der Waals surface area contributed by atoms with Crippen LogP contribution in [0.2, 0.25) is 0 Å². The average Bonchev–Trinajstić information content (AvgIpc) is 2.63. The predicted octanol–water partition coefficient (Wildman–Crippen LogP) is 2.18. The molecule has 1 aromatic heterocycles. The average molecular weight is 188 g/mol. The first-order valence-electron chi connectivity index (χ1n) is 5.34. The van der Waals surface area contributed by atoms with Crippen molar-refractivity contribution in [3.05, 3.63) is 17.7 Å². The molecule has 1 aliphatic carbocycles. The Balaban J connectivity index is 2.09. The van der Waals surface area contributed by atoms with Crippen LogP contribution < -0.4 is 0 Å². The van der Waals surface area contributed by atoms with Crippen LogP contribution >= 0.6 is 0 Å². The molecule has 0 fully saturated rings. The van der Waals surface area contributed by atoms with Gasteiger partial charge in [-0.3, -0.25) is 0 Å². The Kier molecular flexibility index (Phi) is 2.88. The molecule has 0 atom stereocenters. The molecule has 0 aromatic carbocycles. The van der Waals surface area contributed by atoms with E-state index in [4.69, 9.17) is 0 Å². The van der Waals surface area contributed by atoms with Crippen LogP contribution in [0.5, 0.6) is 0 Å². The summed E-state index contributed by atoms with van der Waals surface area (Å²) in [7, 11) is 0. The van der Waals surface area contributed by atoms with Gasteiger partial charge in [-0.05, 0) is 32.6 Å². The first kappa shape index (κ1) is 9.33. The quantitative estimate of drug-likeness (QED) is 0.650. The van der Waals surface area contributed by atoms with Gasteiger partial charge in [0.2, 0.25) is 0 Å². The molecule has 0 radical (unpaired) electrons. The highest BCUT2D eigenvalue weighted by Crippen LogP contribution is 2.19. The second-order valence-corrected chi connectivity index (χ2v) is 3.72. The molecule has 2 heteroatoms. The zero-order valence-electron chi connectivity index (χ0n) is 8.71. The van der Waals surface area contributed by atoms with Crippen LogP contribution in [0, 0.1) is 11.8 Å². The molecule has 0 saturated carbocycles. The lowest BCUT2D eigenvalue weighted by Gasteiger charge is -2.12. The lowest BCUT2D eigenvalue weighted by atomic mass is 10.0. The van der Waals surface area contributed by atoms with Crippen LogP contribution in [-0.4, -0.2) is 9.55 Å². The predicted molar refractivity (Wildman–Crippen MR) is 56.9 cm³/mol. The van der Waals surface area contributed by atoms with Crippen molar-refractivity contribution in [2.24, 2.45) is 0 Å². The second-order valence-electron chi connectivity index (χ2n) is 3.72. The number of hydrogen-bond acceptors (Lipinski definition) is 1. The zero-order valence-corrected chi connectivity index (χ0v) is 8.71. The summed E-state index contributed by atoms with van der Waals surface area (Å²) in [6, 6.07) is 0. The Hall–Kier alpha value is -1.23. The summed E-state index contributed by atoms with van der Waals surface area (Å²) in [5.74, 6) is 6.02. The third-order valence-electron chi connectivity index (χ3n) is 2.76. The molecular weight excluding hydrogens is 172 g/mol. The summed E-state index contributed by atoms with van der Waals surface area (Å²) in [6.45, 7) is 2.90. The highest BCUT2D eigenvalue weighted by atomic mass is 15.1. The topological polar surface area (TPSA) is 17.8 Å². The summed E-state index contributed by atoms with van der Waals surface area (Å²) in [4.78, 5) is 4.45. The fourth-order valence-electron chi connectivity index (χ4n) is 2.03. The zero-order chi connectivity index (χ0) is 9.80. The van der Waals surface area contributed by atoms with E-state index in [1.165, 1.54) is 37.1 Å². The van der Waals surface area contributed by atoms with Crippen molar-refractivity contribution in [1.82, 2.24) is 9.55 Å². The monoisotopic (exact) mass is 188 g/mol. The van der Waals surface area contributed by atoms with E-state index in [0.717, 1.165) is 13.0 Å². The summed E-state index contributed by atoms with van der Waals surface area (Å²) >= 11 is 0. The van der Waals surface area contributed by atoms with Crippen LogP contribution in [0.15, 0.2) is 6.33 Å². The largest absolute Gasteiger partial charge is 0.333 e. The number of hydrogen-bond donors (Lipinski definition) is 0. The highest BCUT2D eigenvalue weighted by molar-refractivity contribution is 5.16. The van der Waals surface area contributed by atoms with Crippen molar-refractivity contribution in [3.63, 3.8) is 0 Å². The molecule has 74 valence electrons. The van der Waals surface area contributed by atoms with Crippen molar-refractivity contribution >= 4 is 0 Å². The molecule has 0 amide bonds. The molecule has 0 aliphatic heterocycles. The van der Waals surface area contributed by atoms with E-state index >= 15 is 0 Å². The van der Waals surface area contributed by atoms with Crippen LogP contribution in [0.4, 0.5) is 0 Å². The fraction of sp³-hybridized carbons (Fsp3) is 0.583. The Labute approximate surface area is 85.3 Å². The van der Waals surface area contributed by atoms with Gasteiger partial charge in [0.1, 0.15) is 0 Å². The molecule has 1 heterocycles. The lowest BCUT2D eigenvalue weighted by Crippen LogP contribution is -2.08. The van der Waals surface area contributed by atoms with Gasteiger partial charge in [0.05, 0.1) is 12.0 Å². The lowest BCUT2D eigenvalue weighted by molar-refractivity contribution is 0.609. The van der Waals surface area contributed by atoms with Gasteiger partial charge in [0.25, 0.3) is 0 Å². The maximum absolute atomic E-state index is 4.45. The van der Waals surface area contributed by atoms with Crippen molar-refractivity contribution in [2.45, 2.75) is 45.6 Å². The molecule has 2 rings (SSSR count). The highest BCUT2D eigenvalue weighted by Gasteiger charge is 2.14. The number of imidazole rings is 1. The minimum absolute atomic E-state index is 0.944. The van der Waals surface area contributed by atoms with Crippen LogP contribution in [0.25, 0.3) is 0 Å². The van der Waals surface area contributed by atoms with Crippen LogP contribution in [0.3, 0.4) is 0 Å². The van der Waals surface area contributed by atoms with E-state index in [2.05, 4.69) is 21.4 Å². The van der Waals surface area contributed by atoms with Crippen molar-refractivity contribution < 1.29 is 0 Å². The molecule has 1 aliphatic rings. The molecule has 0 bridgehead atoms. The Bertz CT molecular complexity index is 365. The van der Waals surface area contributed by atoms with Gasteiger partial charge in [-0.2, -0.15) is 0 Å². The van der Waals surface area contributed by atoms with Gasteiger partial charge in [-0.1, -0.05) is 0 Å². The molecule has 0 spiro atoms. The summed E-state index contributed by atoms with van der Waals surface area (Å²) in [6.07, 6.45) is 7.92. The molecular formula is C12H16N2. The third kappa shape index (κ3) is 1.82. The van der Waals surface area contributed by atoms with E-state index in [1.54, 1.807) is 0 Å². The van der Waals surface area contributed by atoms with E-state index in [9.17, 15) is 0 Å². The Morgan fingerprint density at radius 1 is 1.43 bits per heavy atom. The van der Waals surface area contributed by atoms with Gasteiger partial charge in [-0.15, -0.1) is 11.8 Å². The maximum atomic E-state index is 4.45. The molecule has 0 saturated heterocycles. The van der Waals surface area contributed by atoms with Gasteiger partial charge in [0.15, 0.2) is 0 Å². The summed E-state index contributed by atoms with van der Waals surface area (Å²) in [5.41, 5.74) is 2.77. The smallest absolute Gasteiger partial charge is 0.0951 e. The van der Waals surface area contributed by atoms with Gasteiger partial charge < -0.3 is 4.57 Å². The van der Waals surface area contributed by atoms with Crippen LogP contribution in [-0.2, 0) is 19.4 Å². The first-order valence-corrected chi connectivity index (χ1v) is 5.34. The van der Waals surface area contributed by atoms with E-state index in [1.807, 2.05) is 13.3 Å². The standard InChI is InChI=1S/C12H16N2/c1-2-3-6-9-14-10-13-11-7-4-5-8-12(11)14/h10H,4-9H2,1H3. The minimum Gasteiger partial charge on any atom is -0.333 e. The normalized spacial score (nSPS) is 14.4. The van der Waals surface area contributed by atoms with Crippen molar-refractivity contribution in [1.29, 1.82) is 0 Å². The summed E-state index contributed by atoms with van der Waals surface area (Å²) < 4.78 is 2.28. The molecule has 1 aromatic rings.